The number of anilines is 3. The van der Waals surface area contributed by atoms with Gasteiger partial charge in [0.15, 0.2) is 17.4 Å². The van der Waals surface area contributed by atoms with E-state index >= 15 is 0 Å². The number of azo groups is 1. The zero-order valence-electron chi connectivity index (χ0n) is 19.1. The van der Waals surface area contributed by atoms with Gasteiger partial charge >= 0.3 is 0 Å². The van der Waals surface area contributed by atoms with Gasteiger partial charge in [-0.1, -0.05) is 18.2 Å². The van der Waals surface area contributed by atoms with Gasteiger partial charge in [-0.05, 0) is 36.4 Å². The summed E-state index contributed by atoms with van der Waals surface area (Å²) in [4.78, 5) is 25.2. The van der Waals surface area contributed by atoms with E-state index in [1.807, 2.05) is 30.3 Å². The molecule has 5 rings (SSSR count). The van der Waals surface area contributed by atoms with Crippen LogP contribution in [0.1, 0.15) is 6.23 Å². The smallest absolute Gasteiger partial charge is 0.280 e. The zero-order valence-corrected chi connectivity index (χ0v) is 19.1. The molecule has 0 saturated carbocycles. The molecule has 0 unspecified atom stereocenters. The first-order chi connectivity index (χ1) is 17.4. The Balaban J connectivity index is 1.53. The lowest BCUT2D eigenvalue weighted by molar-refractivity contribution is -0.0503. The molecule has 13 heteroatoms. The van der Waals surface area contributed by atoms with Crippen LogP contribution in [0.3, 0.4) is 0 Å². The summed E-state index contributed by atoms with van der Waals surface area (Å²) in [6.45, 7) is -0.512. The van der Waals surface area contributed by atoms with Crippen molar-refractivity contribution in [2.24, 2.45) is 10.2 Å². The van der Waals surface area contributed by atoms with Crippen LogP contribution in [0.4, 0.5) is 29.0 Å². The molecule has 0 aliphatic carbocycles. The molecule has 3 heterocycles. The van der Waals surface area contributed by atoms with Crippen LogP contribution in [-0.2, 0) is 4.74 Å². The number of hydrogen-bond donors (Lipinski definition) is 5. The fraction of sp³-hybridized carbons (Fsp3) is 0.261. The summed E-state index contributed by atoms with van der Waals surface area (Å²) in [5.41, 5.74) is 7.23. The summed E-state index contributed by atoms with van der Waals surface area (Å²) in [5.74, 6) is 0.0461. The summed E-state index contributed by atoms with van der Waals surface area (Å²) >= 11 is 0. The molecule has 6 N–H and O–H groups in total. The monoisotopic (exact) mass is 492 g/mol. The van der Waals surface area contributed by atoms with E-state index in [4.69, 9.17) is 10.5 Å². The first-order valence-electron chi connectivity index (χ1n) is 11.1. The van der Waals surface area contributed by atoms with E-state index in [2.05, 4.69) is 25.2 Å². The maximum atomic E-state index is 12.6. The summed E-state index contributed by atoms with van der Waals surface area (Å²) in [6, 6.07) is 16.4. The number of nitrogens with two attached hydrogens (primary N) is 1. The molecule has 2 aromatic carbocycles. The highest BCUT2D eigenvalue weighted by molar-refractivity contribution is 5.77. The third kappa shape index (κ3) is 4.20. The molecular formula is C23H24N8O5. The molecule has 0 radical (unpaired) electrons. The Morgan fingerprint density at radius 1 is 1.06 bits per heavy atom. The van der Waals surface area contributed by atoms with Gasteiger partial charge in [-0.3, -0.25) is 14.3 Å². The predicted molar refractivity (Wildman–Crippen MR) is 131 cm³/mol. The molecule has 1 aliphatic rings. The Morgan fingerprint density at radius 2 is 1.72 bits per heavy atom. The first-order valence-corrected chi connectivity index (χ1v) is 11.1. The summed E-state index contributed by atoms with van der Waals surface area (Å²) in [7, 11) is 1.71. The second-order valence-electron chi connectivity index (χ2n) is 8.25. The van der Waals surface area contributed by atoms with Crippen LogP contribution in [0.5, 0.6) is 0 Å². The van der Waals surface area contributed by atoms with Crippen LogP contribution in [0.2, 0.25) is 0 Å². The van der Waals surface area contributed by atoms with Crippen LogP contribution in [0.15, 0.2) is 69.6 Å². The topological polar surface area (TPSA) is 187 Å². The van der Waals surface area contributed by atoms with Gasteiger partial charge in [0.1, 0.15) is 18.3 Å². The van der Waals surface area contributed by atoms with Crippen molar-refractivity contribution in [1.29, 1.82) is 0 Å². The Kier molecular flexibility index (Phi) is 6.20. The normalized spacial score (nSPS) is 22.0. The number of rotatable bonds is 6. The predicted octanol–water partition coefficient (Wildman–Crippen LogP) is 1.50. The van der Waals surface area contributed by atoms with Crippen molar-refractivity contribution in [2.45, 2.75) is 24.5 Å². The summed E-state index contributed by atoms with van der Waals surface area (Å²) < 4.78 is 7.10. The standard InChI is InChI=1S/C23H24N8O5/c1-30(14-9-7-13(8-10-14)29-28-12-5-3-2-4-6-12)23-25-16-19(26-22(24)27-20(16)35)31(23)21-18(34)17(33)15(11-32)36-21/h2-10,15,17-18,21,32-34H,11H2,1H3,(H3,24,26,27,35)/t15-,17-,18-,21-/m1/s1. The van der Waals surface area contributed by atoms with E-state index in [0.29, 0.717) is 11.4 Å². The van der Waals surface area contributed by atoms with E-state index in [0.717, 1.165) is 5.69 Å². The highest BCUT2D eigenvalue weighted by Crippen LogP contribution is 2.36. The van der Waals surface area contributed by atoms with Gasteiger partial charge < -0.3 is 30.7 Å². The lowest BCUT2D eigenvalue weighted by Gasteiger charge is -2.24. The largest absolute Gasteiger partial charge is 0.394 e. The number of fused-ring (bicyclic) bond motifs is 1. The number of nitrogen functional groups attached to an aromatic ring is 1. The van der Waals surface area contributed by atoms with E-state index in [1.54, 1.807) is 36.2 Å². The number of aliphatic hydroxyl groups is 3. The van der Waals surface area contributed by atoms with Gasteiger partial charge in [-0.25, -0.2) is 4.98 Å². The molecule has 4 atom stereocenters. The minimum Gasteiger partial charge on any atom is -0.394 e. The number of hydrogen-bond acceptors (Lipinski definition) is 11. The quantitative estimate of drug-likeness (QED) is 0.248. The molecule has 186 valence electrons. The fourth-order valence-corrected chi connectivity index (χ4v) is 4.02. The fourth-order valence-electron chi connectivity index (χ4n) is 4.02. The number of aromatic nitrogens is 4. The van der Waals surface area contributed by atoms with Gasteiger partial charge in [-0.2, -0.15) is 15.2 Å². The number of H-pyrrole nitrogens is 1. The van der Waals surface area contributed by atoms with Gasteiger partial charge in [0.25, 0.3) is 5.56 Å². The van der Waals surface area contributed by atoms with Crippen molar-refractivity contribution >= 4 is 40.1 Å². The number of benzene rings is 2. The van der Waals surface area contributed by atoms with Crippen LogP contribution in [-0.4, -0.2) is 66.8 Å². The van der Waals surface area contributed by atoms with E-state index in [9.17, 15) is 20.1 Å². The third-order valence-corrected chi connectivity index (χ3v) is 5.90. The minimum atomic E-state index is -1.42. The Morgan fingerprint density at radius 3 is 2.36 bits per heavy atom. The SMILES string of the molecule is CN(c1ccc(N=Nc2ccccc2)cc1)c1nc2c(=O)[nH]c(N)nc2n1[C@@H]1O[C@H](CO)[C@@H](O)[C@H]1O. The number of ether oxygens (including phenoxy) is 1. The molecule has 0 amide bonds. The molecule has 4 aromatic rings. The van der Waals surface area contributed by atoms with Crippen LogP contribution in [0, 0.1) is 0 Å². The Hall–Kier alpha value is -4.17. The molecule has 0 spiro atoms. The summed E-state index contributed by atoms with van der Waals surface area (Å²) in [6.07, 6.45) is -5.00. The minimum absolute atomic E-state index is 0.0305. The van der Waals surface area contributed by atoms with Crippen LogP contribution in [0.25, 0.3) is 11.2 Å². The van der Waals surface area contributed by atoms with Gasteiger partial charge in [0, 0.05) is 12.7 Å². The number of nitrogens with zero attached hydrogens (tertiary/aromatic N) is 6. The number of aromatic amines is 1. The average molecular weight is 492 g/mol. The van der Waals surface area contributed by atoms with Crippen molar-refractivity contribution < 1.29 is 20.1 Å². The second kappa shape index (κ2) is 9.47. The average Bonchev–Trinajstić information content (AvgIpc) is 3.40. The second-order valence-corrected chi connectivity index (χ2v) is 8.25. The molecule has 13 nitrogen and oxygen atoms in total. The third-order valence-electron chi connectivity index (χ3n) is 5.90. The molecule has 0 bridgehead atoms. The highest BCUT2D eigenvalue weighted by Gasteiger charge is 2.45. The van der Waals surface area contributed by atoms with Crippen LogP contribution >= 0.6 is 0 Å². The Bertz CT molecular complexity index is 1450. The number of nitrogens with one attached hydrogen (secondary N) is 1. The molecule has 2 aromatic heterocycles. The van der Waals surface area contributed by atoms with E-state index in [-0.39, 0.29) is 23.1 Å². The van der Waals surface area contributed by atoms with Crippen molar-refractivity contribution in [2.75, 3.05) is 24.3 Å². The number of imidazole rings is 1. The molecule has 1 fully saturated rings. The maximum absolute atomic E-state index is 12.6. The molecular weight excluding hydrogens is 468 g/mol. The van der Waals surface area contributed by atoms with Crippen molar-refractivity contribution in [3.63, 3.8) is 0 Å². The zero-order chi connectivity index (χ0) is 25.4. The van der Waals surface area contributed by atoms with Crippen molar-refractivity contribution in [1.82, 2.24) is 19.5 Å². The lowest BCUT2D eigenvalue weighted by Crippen LogP contribution is -2.33. The molecule has 1 saturated heterocycles. The van der Waals surface area contributed by atoms with Crippen molar-refractivity contribution in [3.05, 3.63) is 65.0 Å². The highest BCUT2D eigenvalue weighted by atomic mass is 16.6. The van der Waals surface area contributed by atoms with Crippen molar-refractivity contribution in [3.8, 4) is 0 Å². The summed E-state index contributed by atoms with van der Waals surface area (Å²) in [5, 5.41) is 38.9. The molecule has 36 heavy (non-hydrogen) atoms. The first kappa shape index (κ1) is 23.6. The van der Waals surface area contributed by atoms with Gasteiger partial charge in [0.05, 0.1) is 18.0 Å². The molecule has 1 aliphatic heterocycles. The van der Waals surface area contributed by atoms with E-state index in [1.165, 1.54) is 4.57 Å². The van der Waals surface area contributed by atoms with Crippen LogP contribution < -0.4 is 16.2 Å². The number of aliphatic hydroxyl groups excluding tert-OH is 3. The van der Waals surface area contributed by atoms with E-state index < -0.39 is 36.7 Å². The Labute approximate surface area is 204 Å². The maximum Gasteiger partial charge on any atom is 0.280 e. The van der Waals surface area contributed by atoms with Gasteiger partial charge in [0.2, 0.25) is 11.9 Å². The lowest BCUT2D eigenvalue weighted by atomic mass is 10.1. The van der Waals surface area contributed by atoms with Gasteiger partial charge in [-0.15, -0.1) is 0 Å².